The summed E-state index contributed by atoms with van der Waals surface area (Å²) in [6.07, 6.45) is 1.05. The van der Waals surface area contributed by atoms with Gasteiger partial charge in [0, 0.05) is 19.2 Å². The van der Waals surface area contributed by atoms with E-state index in [0.29, 0.717) is 25.2 Å². The number of anilines is 1. The van der Waals surface area contributed by atoms with Crippen LogP contribution in [-0.4, -0.2) is 29.6 Å². The van der Waals surface area contributed by atoms with Gasteiger partial charge in [-0.05, 0) is 39.2 Å². The van der Waals surface area contributed by atoms with Crippen molar-refractivity contribution in [2.75, 3.05) is 18.0 Å². The number of hydrogen-bond donors (Lipinski definition) is 0. The van der Waals surface area contributed by atoms with Crippen molar-refractivity contribution in [1.29, 1.82) is 0 Å². The van der Waals surface area contributed by atoms with E-state index < -0.39 is 16.3 Å². The van der Waals surface area contributed by atoms with Crippen molar-refractivity contribution in [2.24, 2.45) is 5.92 Å². The average Bonchev–Trinajstić information content (AvgIpc) is 2.84. The highest BCUT2D eigenvalue weighted by Crippen LogP contribution is 2.30. The highest BCUT2D eigenvalue weighted by molar-refractivity contribution is 5.70. The SMILES string of the molecule is CC(C)(C)OC(=O)CC1CCN(c2ccc([N+](=O)[O-])cc2F)C1. The van der Waals surface area contributed by atoms with Crippen LogP contribution in [0.1, 0.15) is 33.6 Å². The first-order chi connectivity index (χ1) is 10.7. The van der Waals surface area contributed by atoms with Gasteiger partial charge in [0.25, 0.3) is 5.69 Å². The maximum atomic E-state index is 14.0. The van der Waals surface area contributed by atoms with Crippen molar-refractivity contribution in [3.05, 3.63) is 34.1 Å². The quantitative estimate of drug-likeness (QED) is 0.483. The number of nitrogens with zero attached hydrogens (tertiary/aromatic N) is 2. The molecule has 0 bridgehead atoms. The summed E-state index contributed by atoms with van der Waals surface area (Å²) in [5, 5.41) is 10.6. The van der Waals surface area contributed by atoms with E-state index in [4.69, 9.17) is 4.74 Å². The van der Waals surface area contributed by atoms with Gasteiger partial charge in [0.2, 0.25) is 0 Å². The largest absolute Gasteiger partial charge is 0.460 e. The Labute approximate surface area is 134 Å². The lowest BCUT2D eigenvalue weighted by atomic mass is 10.1. The Hall–Kier alpha value is -2.18. The van der Waals surface area contributed by atoms with Gasteiger partial charge in [-0.15, -0.1) is 0 Å². The molecule has 1 saturated heterocycles. The third-order valence-electron chi connectivity index (χ3n) is 3.64. The Morgan fingerprint density at radius 1 is 1.48 bits per heavy atom. The van der Waals surface area contributed by atoms with Crippen molar-refractivity contribution in [2.45, 2.75) is 39.2 Å². The number of nitro groups is 1. The lowest BCUT2D eigenvalue weighted by Gasteiger charge is -2.21. The van der Waals surface area contributed by atoms with Crippen LogP contribution in [0.15, 0.2) is 18.2 Å². The van der Waals surface area contributed by atoms with Gasteiger partial charge in [-0.3, -0.25) is 14.9 Å². The molecule has 1 aromatic rings. The van der Waals surface area contributed by atoms with Crippen molar-refractivity contribution < 1.29 is 18.8 Å². The van der Waals surface area contributed by atoms with Gasteiger partial charge in [-0.2, -0.15) is 0 Å². The first kappa shape index (κ1) is 17.2. The molecule has 0 spiro atoms. The normalized spacial score (nSPS) is 18.1. The summed E-state index contributed by atoms with van der Waals surface area (Å²) >= 11 is 0. The molecule has 2 rings (SSSR count). The van der Waals surface area contributed by atoms with Crippen LogP contribution >= 0.6 is 0 Å². The van der Waals surface area contributed by atoms with Crippen LogP contribution in [0.3, 0.4) is 0 Å². The molecule has 126 valence electrons. The third kappa shape index (κ3) is 4.64. The maximum Gasteiger partial charge on any atom is 0.306 e. The standard InChI is InChI=1S/C16H21FN2O4/c1-16(2,3)23-15(20)8-11-6-7-18(10-11)14-5-4-12(19(21)22)9-13(14)17/h4-5,9,11H,6-8,10H2,1-3H3. The van der Waals surface area contributed by atoms with Gasteiger partial charge in [-0.1, -0.05) is 0 Å². The van der Waals surface area contributed by atoms with E-state index in [1.165, 1.54) is 12.1 Å². The predicted octanol–water partition coefficient (Wildman–Crippen LogP) is 3.29. The lowest BCUT2D eigenvalue weighted by Crippen LogP contribution is -2.26. The number of nitro benzene ring substituents is 1. The van der Waals surface area contributed by atoms with E-state index in [1.54, 1.807) is 0 Å². The summed E-state index contributed by atoms with van der Waals surface area (Å²) in [4.78, 5) is 23.7. The van der Waals surface area contributed by atoms with Gasteiger partial charge in [-0.25, -0.2) is 4.39 Å². The monoisotopic (exact) mass is 324 g/mol. The van der Waals surface area contributed by atoms with Gasteiger partial charge in [0.1, 0.15) is 5.60 Å². The number of rotatable bonds is 4. The summed E-state index contributed by atoms with van der Waals surface area (Å²) in [6.45, 7) is 6.60. The molecule has 1 fully saturated rings. The summed E-state index contributed by atoms with van der Waals surface area (Å²) in [5.74, 6) is -0.773. The summed E-state index contributed by atoms with van der Waals surface area (Å²) < 4.78 is 19.3. The smallest absolute Gasteiger partial charge is 0.306 e. The molecule has 23 heavy (non-hydrogen) atoms. The molecule has 1 unspecified atom stereocenters. The van der Waals surface area contributed by atoms with Gasteiger partial charge < -0.3 is 9.64 Å². The van der Waals surface area contributed by atoms with E-state index in [1.807, 2.05) is 25.7 Å². The lowest BCUT2D eigenvalue weighted by molar-refractivity contribution is -0.385. The van der Waals surface area contributed by atoms with Crippen LogP contribution < -0.4 is 4.90 Å². The van der Waals surface area contributed by atoms with Crippen LogP contribution in [-0.2, 0) is 9.53 Å². The number of esters is 1. The molecule has 1 heterocycles. The highest BCUT2D eigenvalue weighted by atomic mass is 19.1. The Kier molecular flexibility index (Phi) is 4.87. The van der Waals surface area contributed by atoms with Gasteiger partial charge >= 0.3 is 5.97 Å². The topological polar surface area (TPSA) is 72.7 Å². The summed E-state index contributed by atoms with van der Waals surface area (Å²) in [5.41, 5.74) is -0.446. The zero-order valence-electron chi connectivity index (χ0n) is 13.5. The molecule has 1 aliphatic heterocycles. The molecule has 1 aliphatic rings. The molecule has 0 aliphatic carbocycles. The molecule has 0 aromatic heterocycles. The molecule has 0 N–H and O–H groups in total. The minimum absolute atomic E-state index is 0.0967. The first-order valence-corrected chi connectivity index (χ1v) is 7.56. The van der Waals surface area contributed by atoms with E-state index in [0.717, 1.165) is 12.5 Å². The molecule has 0 amide bonds. The second-order valence-electron chi connectivity index (χ2n) is 6.78. The molecular weight excluding hydrogens is 303 g/mol. The zero-order chi connectivity index (χ0) is 17.2. The molecule has 0 radical (unpaired) electrons. The van der Waals surface area contributed by atoms with Gasteiger partial charge in [0.15, 0.2) is 5.82 Å². The minimum Gasteiger partial charge on any atom is -0.460 e. The van der Waals surface area contributed by atoms with Crippen LogP contribution in [0, 0.1) is 21.8 Å². The summed E-state index contributed by atoms with van der Waals surface area (Å²) in [6, 6.07) is 3.64. The van der Waals surface area contributed by atoms with E-state index in [9.17, 15) is 19.3 Å². The fourth-order valence-corrected chi connectivity index (χ4v) is 2.70. The Bertz CT molecular complexity index is 613. The number of benzene rings is 1. The zero-order valence-corrected chi connectivity index (χ0v) is 13.5. The molecule has 6 nitrogen and oxygen atoms in total. The molecule has 1 atom stereocenters. The third-order valence-corrected chi connectivity index (χ3v) is 3.64. The van der Waals surface area contributed by atoms with Crippen LogP contribution in [0.4, 0.5) is 15.8 Å². The molecule has 1 aromatic carbocycles. The second kappa shape index (κ2) is 6.52. The van der Waals surface area contributed by atoms with Crippen molar-refractivity contribution in [1.82, 2.24) is 0 Å². The average molecular weight is 324 g/mol. The fraction of sp³-hybridized carbons (Fsp3) is 0.562. The second-order valence-corrected chi connectivity index (χ2v) is 6.78. The molecule has 0 saturated carbocycles. The van der Waals surface area contributed by atoms with Gasteiger partial charge in [0.05, 0.1) is 23.1 Å². The predicted molar refractivity (Wildman–Crippen MR) is 83.8 cm³/mol. The number of hydrogen-bond acceptors (Lipinski definition) is 5. The first-order valence-electron chi connectivity index (χ1n) is 7.56. The molecular formula is C16H21FN2O4. The van der Waals surface area contributed by atoms with E-state index in [-0.39, 0.29) is 17.6 Å². The van der Waals surface area contributed by atoms with Crippen molar-refractivity contribution in [3.63, 3.8) is 0 Å². The number of carbonyl (C=O) groups is 1. The van der Waals surface area contributed by atoms with Crippen molar-refractivity contribution in [3.8, 4) is 0 Å². The number of carbonyl (C=O) groups excluding carboxylic acids is 1. The fourth-order valence-electron chi connectivity index (χ4n) is 2.70. The number of ether oxygens (including phenoxy) is 1. The van der Waals surface area contributed by atoms with Crippen LogP contribution in [0.2, 0.25) is 0 Å². The number of non-ortho nitro benzene ring substituents is 1. The number of halogens is 1. The van der Waals surface area contributed by atoms with E-state index in [2.05, 4.69) is 0 Å². The highest BCUT2D eigenvalue weighted by Gasteiger charge is 2.28. The summed E-state index contributed by atoms with van der Waals surface area (Å²) in [7, 11) is 0. The Balaban J connectivity index is 1.97. The molecule has 7 heteroatoms. The minimum atomic E-state index is -0.623. The maximum absolute atomic E-state index is 14.0. The van der Waals surface area contributed by atoms with E-state index >= 15 is 0 Å². The Morgan fingerprint density at radius 2 is 2.17 bits per heavy atom. The van der Waals surface area contributed by atoms with Crippen molar-refractivity contribution >= 4 is 17.3 Å². The van der Waals surface area contributed by atoms with Crippen LogP contribution in [0.25, 0.3) is 0 Å². The Morgan fingerprint density at radius 3 is 2.74 bits per heavy atom. The van der Waals surface area contributed by atoms with Crippen LogP contribution in [0.5, 0.6) is 0 Å².